The lowest BCUT2D eigenvalue weighted by molar-refractivity contribution is 0.696. The summed E-state index contributed by atoms with van der Waals surface area (Å²) in [5.41, 5.74) is 0. The van der Waals surface area contributed by atoms with Gasteiger partial charge in [-0.3, -0.25) is 4.99 Å². The molecule has 1 aromatic rings. The molecule has 5 nitrogen and oxygen atoms in total. The maximum absolute atomic E-state index is 4.23. The molecule has 1 aliphatic carbocycles. The summed E-state index contributed by atoms with van der Waals surface area (Å²) in [7, 11) is 1.82. The van der Waals surface area contributed by atoms with Gasteiger partial charge in [-0.25, -0.2) is 4.98 Å². The minimum Gasteiger partial charge on any atom is -0.370 e. The van der Waals surface area contributed by atoms with E-state index in [1.54, 1.807) is 6.20 Å². The SMILES string of the molecule is CN=C(NCCCCNc1ccccn1)NCC1CC1.I. The van der Waals surface area contributed by atoms with E-state index in [9.17, 15) is 0 Å². The monoisotopic (exact) mass is 403 g/mol. The maximum Gasteiger partial charge on any atom is 0.190 e. The Bertz CT molecular complexity index is 406. The first-order chi connectivity index (χ1) is 9.88. The first-order valence-electron chi connectivity index (χ1n) is 7.48. The van der Waals surface area contributed by atoms with Gasteiger partial charge in [0.15, 0.2) is 5.96 Å². The van der Waals surface area contributed by atoms with Crippen LogP contribution in [0.15, 0.2) is 29.4 Å². The first-order valence-corrected chi connectivity index (χ1v) is 7.48. The zero-order valence-corrected chi connectivity index (χ0v) is 15.0. The molecule has 118 valence electrons. The predicted octanol–water partition coefficient (Wildman–Crippen LogP) is 2.47. The largest absolute Gasteiger partial charge is 0.370 e. The number of aliphatic imine (C=N–C) groups is 1. The van der Waals surface area contributed by atoms with Crippen molar-refractivity contribution in [1.29, 1.82) is 0 Å². The summed E-state index contributed by atoms with van der Waals surface area (Å²) >= 11 is 0. The second-order valence-electron chi connectivity index (χ2n) is 5.17. The topological polar surface area (TPSA) is 61.3 Å². The average molecular weight is 403 g/mol. The summed E-state index contributed by atoms with van der Waals surface area (Å²) in [5, 5.41) is 10.0. The quantitative estimate of drug-likeness (QED) is 0.270. The van der Waals surface area contributed by atoms with Crippen LogP contribution in [-0.2, 0) is 0 Å². The highest BCUT2D eigenvalue weighted by molar-refractivity contribution is 14.0. The van der Waals surface area contributed by atoms with Crippen LogP contribution in [0.1, 0.15) is 25.7 Å². The molecule has 0 saturated heterocycles. The molecule has 0 spiro atoms. The number of pyridine rings is 1. The van der Waals surface area contributed by atoms with Gasteiger partial charge in [-0.15, -0.1) is 24.0 Å². The molecule has 1 aliphatic rings. The molecule has 1 aromatic heterocycles. The Hall–Kier alpha value is -1.05. The van der Waals surface area contributed by atoms with E-state index in [0.29, 0.717) is 0 Å². The van der Waals surface area contributed by atoms with Crippen molar-refractivity contribution < 1.29 is 0 Å². The van der Waals surface area contributed by atoms with Crippen molar-refractivity contribution in [2.75, 3.05) is 32.0 Å². The van der Waals surface area contributed by atoms with Crippen molar-refractivity contribution in [3.8, 4) is 0 Å². The van der Waals surface area contributed by atoms with E-state index in [-0.39, 0.29) is 24.0 Å². The van der Waals surface area contributed by atoms with Crippen molar-refractivity contribution in [2.24, 2.45) is 10.9 Å². The van der Waals surface area contributed by atoms with Gasteiger partial charge in [0.05, 0.1) is 0 Å². The van der Waals surface area contributed by atoms with Crippen molar-refractivity contribution in [1.82, 2.24) is 15.6 Å². The normalized spacial score (nSPS) is 14.2. The summed E-state index contributed by atoms with van der Waals surface area (Å²) in [4.78, 5) is 8.45. The molecule has 0 bridgehead atoms. The fourth-order valence-electron chi connectivity index (χ4n) is 1.92. The number of anilines is 1. The Morgan fingerprint density at radius 2 is 2.05 bits per heavy atom. The van der Waals surface area contributed by atoms with E-state index >= 15 is 0 Å². The number of hydrogen-bond acceptors (Lipinski definition) is 3. The summed E-state index contributed by atoms with van der Waals surface area (Å²) < 4.78 is 0. The highest BCUT2D eigenvalue weighted by Gasteiger charge is 2.20. The van der Waals surface area contributed by atoms with Gasteiger partial charge in [0.2, 0.25) is 0 Å². The molecule has 0 aromatic carbocycles. The zero-order valence-electron chi connectivity index (χ0n) is 12.6. The van der Waals surface area contributed by atoms with Crippen LogP contribution in [0.5, 0.6) is 0 Å². The van der Waals surface area contributed by atoms with Gasteiger partial charge < -0.3 is 16.0 Å². The summed E-state index contributed by atoms with van der Waals surface area (Å²) in [6.45, 7) is 2.96. The molecule has 1 saturated carbocycles. The van der Waals surface area contributed by atoms with Crippen LogP contribution < -0.4 is 16.0 Å². The standard InChI is InChI=1S/C15H25N5.HI/c1-16-15(20-12-13-7-8-13)19-11-5-4-10-18-14-6-2-3-9-17-14;/h2-3,6,9,13H,4-5,7-8,10-12H2,1H3,(H,17,18)(H2,16,19,20);1H. The third-order valence-corrected chi connectivity index (χ3v) is 3.35. The van der Waals surface area contributed by atoms with Crippen LogP contribution in [0.4, 0.5) is 5.82 Å². The molecule has 6 heteroatoms. The summed E-state index contributed by atoms with van der Waals surface area (Å²) in [6.07, 6.45) is 6.76. The fourth-order valence-corrected chi connectivity index (χ4v) is 1.92. The molecule has 21 heavy (non-hydrogen) atoms. The van der Waals surface area contributed by atoms with E-state index in [4.69, 9.17) is 0 Å². The van der Waals surface area contributed by atoms with Crippen LogP contribution in [-0.4, -0.2) is 37.6 Å². The van der Waals surface area contributed by atoms with Crippen molar-refractivity contribution in [3.05, 3.63) is 24.4 Å². The Morgan fingerprint density at radius 3 is 2.71 bits per heavy atom. The minimum atomic E-state index is 0. The van der Waals surface area contributed by atoms with E-state index in [1.807, 2.05) is 25.2 Å². The first kappa shape index (κ1) is 18.0. The Morgan fingerprint density at radius 1 is 1.24 bits per heavy atom. The van der Waals surface area contributed by atoms with Gasteiger partial charge in [0.25, 0.3) is 0 Å². The van der Waals surface area contributed by atoms with Gasteiger partial charge >= 0.3 is 0 Å². The Kier molecular flexibility index (Phi) is 9.12. The van der Waals surface area contributed by atoms with Crippen molar-refractivity contribution >= 4 is 35.8 Å². The molecule has 3 N–H and O–H groups in total. The number of aromatic nitrogens is 1. The third-order valence-electron chi connectivity index (χ3n) is 3.35. The molecular formula is C15H26IN5. The number of nitrogens with one attached hydrogen (secondary N) is 3. The Balaban J connectivity index is 0.00000220. The van der Waals surface area contributed by atoms with Crippen LogP contribution in [0, 0.1) is 5.92 Å². The van der Waals surface area contributed by atoms with Gasteiger partial charge in [-0.05, 0) is 43.7 Å². The van der Waals surface area contributed by atoms with Crippen LogP contribution in [0.2, 0.25) is 0 Å². The Labute approximate surface area is 144 Å². The third kappa shape index (κ3) is 8.08. The second kappa shape index (κ2) is 10.6. The predicted molar refractivity (Wildman–Crippen MR) is 99.5 cm³/mol. The lowest BCUT2D eigenvalue weighted by Gasteiger charge is -2.11. The molecule has 0 aliphatic heterocycles. The van der Waals surface area contributed by atoms with Crippen LogP contribution in [0.3, 0.4) is 0 Å². The lowest BCUT2D eigenvalue weighted by atomic mass is 10.3. The van der Waals surface area contributed by atoms with Crippen molar-refractivity contribution in [3.63, 3.8) is 0 Å². The second-order valence-corrected chi connectivity index (χ2v) is 5.17. The van der Waals surface area contributed by atoms with Crippen LogP contribution in [0.25, 0.3) is 0 Å². The average Bonchev–Trinajstić information content (AvgIpc) is 3.31. The van der Waals surface area contributed by atoms with Gasteiger partial charge in [0.1, 0.15) is 5.82 Å². The van der Waals surface area contributed by atoms with E-state index in [0.717, 1.165) is 50.2 Å². The van der Waals surface area contributed by atoms with Gasteiger partial charge in [0, 0.05) is 32.9 Å². The number of halogens is 1. The minimum absolute atomic E-state index is 0. The molecule has 2 rings (SSSR count). The summed E-state index contributed by atoms with van der Waals surface area (Å²) in [5.74, 6) is 2.74. The number of unbranched alkanes of at least 4 members (excludes halogenated alkanes) is 1. The molecule has 0 amide bonds. The summed E-state index contributed by atoms with van der Waals surface area (Å²) in [6, 6.07) is 5.91. The zero-order chi connectivity index (χ0) is 14.0. The molecular weight excluding hydrogens is 377 g/mol. The number of nitrogens with zero attached hydrogens (tertiary/aromatic N) is 2. The van der Waals surface area contributed by atoms with E-state index < -0.39 is 0 Å². The highest BCUT2D eigenvalue weighted by atomic mass is 127. The lowest BCUT2D eigenvalue weighted by Crippen LogP contribution is -2.38. The molecule has 1 heterocycles. The highest BCUT2D eigenvalue weighted by Crippen LogP contribution is 2.27. The van der Waals surface area contributed by atoms with Gasteiger partial charge in [-0.2, -0.15) is 0 Å². The molecule has 0 radical (unpaired) electrons. The van der Waals surface area contributed by atoms with Gasteiger partial charge in [-0.1, -0.05) is 6.07 Å². The molecule has 1 fully saturated rings. The van der Waals surface area contributed by atoms with E-state index in [1.165, 1.54) is 12.8 Å². The fraction of sp³-hybridized carbons (Fsp3) is 0.600. The number of rotatable bonds is 8. The number of guanidine groups is 1. The maximum atomic E-state index is 4.23. The number of hydrogen-bond donors (Lipinski definition) is 3. The van der Waals surface area contributed by atoms with Crippen LogP contribution >= 0.6 is 24.0 Å². The molecule has 0 atom stereocenters. The molecule has 0 unspecified atom stereocenters. The van der Waals surface area contributed by atoms with E-state index in [2.05, 4.69) is 25.9 Å². The van der Waals surface area contributed by atoms with Crippen molar-refractivity contribution in [2.45, 2.75) is 25.7 Å². The smallest absolute Gasteiger partial charge is 0.190 e.